The third-order valence-electron chi connectivity index (χ3n) is 2.67. The Balaban J connectivity index is 2.57. The van der Waals surface area contributed by atoms with Gasteiger partial charge in [0.1, 0.15) is 5.82 Å². The summed E-state index contributed by atoms with van der Waals surface area (Å²) in [7, 11) is 1.72. The zero-order valence-corrected chi connectivity index (χ0v) is 10.9. The van der Waals surface area contributed by atoms with E-state index in [9.17, 15) is 9.18 Å². The van der Waals surface area contributed by atoms with Gasteiger partial charge in [-0.1, -0.05) is 22.0 Å². The smallest absolute Gasteiger partial charge is 0.254 e. The highest BCUT2D eigenvalue weighted by molar-refractivity contribution is 9.08. The quantitative estimate of drug-likeness (QED) is 0.781. The van der Waals surface area contributed by atoms with Crippen molar-refractivity contribution in [3.8, 4) is 11.3 Å². The van der Waals surface area contributed by atoms with E-state index in [0.717, 1.165) is 11.3 Å². The number of halogens is 2. The van der Waals surface area contributed by atoms with Crippen LogP contribution in [0.3, 0.4) is 0 Å². The van der Waals surface area contributed by atoms with Crippen molar-refractivity contribution in [3.63, 3.8) is 0 Å². The summed E-state index contributed by atoms with van der Waals surface area (Å²) in [5.41, 5.74) is 2.27. The number of nitrogens with zero attached hydrogens (tertiary/aromatic N) is 1. The van der Waals surface area contributed by atoms with Crippen LogP contribution in [0.5, 0.6) is 0 Å². The molecule has 0 spiro atoms. The molecule has 0 unspecified atom stereocenters. The Morgan fingerprint density at radius 2 is 1.82 bits per heavy atom. The highest BCUT2D eigenvalue weighted by Gasteiger charge is 2.06. The lowest BCUT2D eigenvalue weighted by Gasteiger charge is -2.09. The number of aromatic nitrogens is 1. The first-order valence-electron chi connectivity index (χ1n) is 5.14. The Hall–Kier alpha value is -1.42. The van der Waals surface area contributed by atoms with E-state index in [-0.39, 0.29) is 11.4 Å². The van der Waals surface area contributed by atoms with Crippen LogP contribution in [0.1, 0.15) is 5.56 Å². The fraction of sp³-hybridized carbons (Fsp3) is 0.154. The molecule has 0 aliphatic rings. The molecule has 1 aromatic heterocycles. The number of pyridine rings is 1. The van der Waals surface area contributed by atoms with Crippen molar-refractivity contribution in [1.82, 2.24) is 4.57 Å². The first kappa shape index (κ1) is 12.0. The number of alkyl halides is 1. The van der Waals surface area contributed by atoms with Gasteiger partial charge in [0.25, 0.3) is 5.56 Å². The van der Waals surface area contributed by atoms with E-state index in [2.05, 4.69) is 15.9 Å². The van der Waals surface area contributed by atoms with Crippen LogP contribution in [0.4, 0.5) is 4.39 Å². The molecule has 0 atom stereocenters. The van der Waals surface area contributed by atoms with Crippen molar-refractivity contribution in [2.75, 3.05) is 0 Å². The molecule has 0 aliphatic carbocycles. The van der Waals surface area contributed by atoms with E-state index in [1.165, 1.54) is 12.1 Å². The van der Waals surface area contributed by atoms with Gasteiger partial charge in [-0.15, -0.1) is 0 Å². The van der Waals surface area contributed by atoms with Gasteiger partial charge in [0, 0.05) is 17.9 Å². The van der Waals surface area contributed by atoms with Gasteiger partial charge in [-0.2, -0.15) is 0 Å². The molecule has 0 saturated carbocycles. The SMILES string of the molecule is Cn1c(-c2ccc(F)cc2)ccc(CBr)c1=O. The van der Waals surface area contributed by atoms with Crippen molar-refractivity contribution in [2.45, 2.75) is 5.33 Å². The minimum Gasteiger partial charge on any atom is -0.311 e. The lowest BCUT2D eigenvalue weighted by Crippen LogP contribution is -2.21. The third kappa shape index (κ3) is 2.31. The zero-order valence-electron chi connectivity index (χ0n) is 9.28. The zero-order chi connectivity index (χ0) is 12.4. The Kier molecular flexibility index (Phi) is 3.43. The Bertz CT molecular complexity index is 589. The summed E-state index contributed by atoms with van der Waals surface area (Å²) in [5.74, 6) is -0.282. The second-order valence-corrected chi connectivity index (χ2v) is 4.31. The van der Waals surface area contributed by atoms with Gasteiger partial charge in [-0.3, -0.25) is 4.79 Å². The van der Waals surface area contributed by atoms with E-state index in [4.69, 9.17) is 0 Å². The van der Waals surface area contributed by atoms with Gasteiger partial charge in [0.05, 0.1) is 5.69 Å². The molecular formula is C13H11BrFNO. The van der Waals surface area contributed by atoms with Crippen LogP contribution >= 0.6 is 15.9 Å². The highest BCUT2D eigenvalue weighted by Crippen LogP contribution is 2.18. The molecule has 0 saturated heterocycles. The molecule has 2 rings (SSSR count). The van der Waals surface area contributed by atoms with Gasteiger partial charge < -0.3 is 4.57 Å². The van der Waals surface area contributed by atoms with Crippen molar-refractivity contribution < 1.29 is 4.39 Å². The molecule has 2 aromatic rings. The minimum absolute atomic E-state index is 0.0382. The fourth-order valence-electron chi connectivity index (χ4n) is 1.70. The maximum Gasteiger partial charge on any atom is 0.254 e. The van der Waals surface area contributed by atoms with Crippen LogP contribution in [-0.2, 0) is 12.4 Å². The number of benzene rings is 1. The van der Waals surface area contributed by atoms with Crippen LogP contribution in [0.2, 0.25) is 0 Å². The van der Waals surface area contributed by atoms with Crippen molar-refractivity contribution in [1.29, 1.82) is 0 Å². The Morgan fingerprint density at radius 1 is 1.18 bits per heavy atom. The van der Waals surface area contributed by atoms with E-state index in [1.54, 1.807) is 29.8 Å². The molecule has 0 fully saturated rings. The molecule has 88 valence electrons. The first-order valence-corrected chi connectivity index (χ1v) is 6.26. The summed E-state index contributed by atoms with van der Waals surface area (Å²) in [4.78, 5) is 11.9. The van der Waals surface area contributed by atoms with E-state index < -0.39 is 0 Å². The van der Waals surface area contributed by atoms with E-state index in [1.807, 2.05) is 6.07 Å². The second-order valence-electron chi connectivity index (χ2n) is 3.75. The molecule has 0 bridgehead atoms. The minimum atomic E-state index is -0.282. The topological polar surface area (TPSA) is 22.0 Å². The molecule has 0 radical (unpaired) electrons. The molecule has 17 heavy (non-hydrogen) atoms. The maximum atomic E-state index is 12.8. The van der Waals surface area contributed by atoms with Gasteiger partial charge in [-0.05, 0) is 35.9 Å². The molecule has 4 heteroatoms. The van der Waals surface area contributed by atoms with Crippen LogP contribution in [0, 0.1) is 5.82 Å². The summed E-state index contributed by atoms with van der Waals surface area (Å²) in [5, 5.41) is 0.531. The van der Waals surface area contributed by atoms with Crippen molar-refractivity contribution in [3.05, 3.63) is 58.1 Å². The summed E-state index contributed by atoms with van der Waals surface area (Å²) < 4.78 is 14.4. The summed E-state index contributed by atoms with van der Waals surface area (Å²) in [6, 6.07) is 9.76. The molecule has 0 N–H and O–H groups in total. The standard InChI is InChI=1S/C13H11BrFNO/c1-16-12(7-4-10(8-14)13(16)17)9-2-5-11(15)6-3-9/h2-7H,8H2,1H3. The molecular weight excluding hydrogens is 285 g/mol. The van der Waals surface area contributed by atoms with E-state index >= 15 is 0 Å². The van der Waals surface area contributed by atoms with Gasteiger partial charge >= 0.3 is 0 Å². The summed E-state index contributed by atoms with van der Waals surface area (Å²) in [6.07, 6.45) is 0. The maximum absolute atomic E-state index is 12.8. The first-order chi connectivity index (χ1) is 8.13. The molecule has 1 heterocycles. The van der Waals surface area contributed by atoms with Gasteiger partial charge in [0.2, 0.25) is 0 Å². The average Bonchev–Trinajstić information content (AvgIpc) is 2.34. The monoisotopic (exact) mass is 295 g/mol. The number of hydrogen-bond donors (Lipinski definition) is 0. The molecule has 2 nitrogen and oxygen atoms in total. The van der Waals surface area contributed by atoms with Crippen LogP contribution in [0.25, 0.3) is 11.3 Å². The second kappa shape index (κ2) is 4.84. The van der Waals surface area contributed by atoms with Crippen LogP contribution < -0.4 is 5.56 Å². The summed E-state index contributed by atoms with van der Waals surface area (Å²) >= 11 is 3.27. The predicted molar refractivity (Wildman–Crippen MR) is 69.7 cm³/mol. The summed E-state index contributed by atoms with van der Waals surface area (Å²) in [6.45, 7) is 0. The van der Waals surface area contributed by atoms with Gasteiger partial charge in [0.15, 0.2) is 0 Å². The normalized spacial score (nSPS) is 10.5. The van der Waals surface area contributed by atoms with Crippen molar-refractivity contribution in [2.24, 2.45) is 7.05 Å². The van der Waals surface area contributed by atoms with Crippen LogP contribution in [-0.4, -0.2) is 4.57 Å². The number of hydrogen-bond acceptors (Lipinski definition) is 1. The fourth-order valence-corrected chi connectivity index (χ4v) is 2.13. The van der Waals surface area contributed by atoms with Crippen molar-refractivity contribution >= 4 is 15.9 Å². The largest absolute Gasteiger partial charge is 0.311 e. The third-order valence-corrected chi connectivity index (χ3v) is 3.27. The lowest BCUT2D eigenvalue weighted by atomic mass is 10.1. The predicted octanol–water partition coefficient (Wildman–Crippen LogP) is 3.09. The highest BCUT2D eigenvalue weighted by atomic mass is 79.9. The number of rotatable bonds is 2. The Morgan fingerprint density at radius 3 is 2.41 bits per heavy atom. The lowest BCUT2D eigenvalue weighted by molar-refractivity contribution is 0.628. The van der Waals surface area contributed by atoms with Gasteiger partial charge in [-0.25, -0.2) is 4.39 Å². The molecule has 1 aromatic carbocycles. The molecule has 0 aliphatic heterocycles. The Labute approximate surface area is 107 Å². The van der Waals surface area contributed by atoms with E-state index in [0.29, 0.717) is 10.9 Å². The molecule has 0 amide bonds. The van der Waals surface area contributed by atoms with Crippen LogP contribution in [0.15, 0.2) is 41.2 Å². The average molecular weight is 296 g/mol.